The molecule has 0 spiro atoms. The molecule has 0 atom stereocenters. The Morgan fingerprint density at radius 3 is 1.77 bits per heavy atom. The van der Waals surface area contributed by atoms with Gasteiger partial charge < -0.3 is 10.0 Å². The van der Waals surface area contributed by atoms with Gasteiger partial charge in [-0.2, -0.15) is 0 Å². The third-order valence-corrected chi connectivity index (χ3v) is 4.08. The maximum absolute atomic E-state index is 10.6. The average molecular weight is 312 g/mol. The molecule has 0 aromatic rings. The second-order valence-electron chi connectivity index (χ2n) is 6.29. The summed E-state index contributed by atoms with van der Waals surface area (Å²) in [5, 5.41) is 8.72. The number of hydrogen-bond donors (Lipinski definition) is 1. The van der Waals surface area contributed by atoms with Crippen LogP contribution >= 0.6 is 0 Å². The summed E-state index contributed by atoms with van der Waals surface area (Å²) >= 11 is 0. The molecule has 0 aliphatic carbocycles. The summed E-state index contributed by atoms with van der Waals surface area (Å²) in [5.41, 5.74) is 0. The summed E-state index contributed by atoms with van der Waals surface area (Å²) in [6.07, 6.45) is 20.4. The van der Waals surface area contributed by atoms with E-state index in [1.54, 1.807) is 7.05 Å². The van der Waals surface area contributed by atoms with Crippen molar-refractivity contribution in [3.05, 3.63) is 12.2 Å². The minimum absolute atomic E-state index is 0.660. The lowest BCUT2D eigenvalue weighted by Crippen LogP contribution is -2.25. The molecule has 0 saturated heterocycles. The van der Waals surface area contributed by atoms with Crippen LogP contribution in [0.3, 0.4) is 0 Å². The predicted molar refractivity (Wildman–Crippen MR) is 95.5 cm³/mol. The molecule has 0 saturated carbocycles. The van der Waals surface area contributed by atoms with Crippen LogP contribution in [-0.4, -0.2) is 29.7 Å². The zero-order valence-corrected chi connectivity index (χ0v) is 14.9. The molecule has 0 unspecified atom stereocenters. The molecule has 1 amide bonds. The lowest BCUT2D eigenvalue weighted by atomic mass is 10.1. The first-order chi connectivity index (χ1) is 10.7. The molecule has 0 heterocycles. The van der Waals surface area contributed by atoms with E-state index < -0.39 is 6.09 Å². The van der Waals surface area contributed by atoms with E-state index in [1.807, 2.05) is 0 Å². The van der Waals surface area contributed by atoms with Gasteiger partial charge in [0, 0.05) is 13.6 Å². The summed E-state index contributed by atoms with van der Waals surface area (Å²) in [6, 6.07) is 0. The van der Waals surface area contributed by atoms with Gasteiger partial charge in [0.05, 0.1) is 0 Å². The normalized spacial score (nSPS) is 11.2. The quantitative estimate of drug-likeness (QED) is 0.287. The van der Waals surface area contributed by atoms with E-state index in [9.17, 15) is 4.79 Å². The van der Waals surface area contributed by atoms with Crippen LogP contribution in [0.25, 0.3) is 0 Å². The smallest absolute Gasteiger partial charge is 0.407 e. The van der Waals surface area contributed by atoms with Crippen LogP contribution < -0.4 is 0 Å². The minimum Gasteiger partial charge on any atom is -0.465 e. The largest absolute Gasteiger partial charge is 0.465 e. The molecule has 22 heavy (non-hydrogen) atoms. The molecule has 3 nitrogen and oxygen atoms in total. The molecule has 0 aliphatic rings. The third kappa shape index (κ3) is 15.4. The van der Waals surface area contributed by atoms with Gasteiger partial charge in [0.1, 0.15) is 0 Å². The first-order valence-corrected chi connectivity index (χ1v) is 9.27. The van der Waals surface area contributed by atoms with Crippen LogP contribution in [0.1, 0.15) is 90.4 Å². The fourth-order valence-corrected chi connectivity index (χ4v) is 2.52. The van der Waals surface area contributed by atoms with E-state index in [0.717, 1.165) is 12.8 Å². The second-order valence-corrected chi connectivity index (χ2v) is 6.29. The van der Waals surface area contributed by atoms with E-state index in [2.05, 4.69) is 19.1 Å². The molecule has 3 heteroatoms. The summed E-state index contributed by atoms with van der Waals surface area (Å²) in [7, 11) is 1.64. The standard InChI is InChI=1S/C19H37NO2/c1-3-4-5-6-7-8-9-10-11-12-13-14-15-16-17-18-20(2)19(21)22/h10-11H,3-9,12-18H2,1-2H3,(H,21,22)/b11-10-. The van der Waals surface area contributed by atoms with Crippen molar-refractivity contribution in [3.63, 3.8) is 0 Å². The fourth-order valence-electron chi connectivity index (χ4n) is 2.52. The first-order valence-electron chi connectivity index (χ1n) is 9.27. The maximum atomic E-state index is 10.6. The number of rotatable bonds is 15. The lowest BCUT2D eigenvalue weighted by Gasteiger charge is -2.11. The Balaban J connectivity index is 3.16. The Bertz CT molecular complexity index is 277. The van der Waals surface area contributed by atoms with Crippen molar-refractivity contribution >= 4 is 6.09 Å². The lowest BCUT2D eigenvalue weighted by molar-refractivity contribution is 0.155. The van der Waals surface area contributed by atoms with Crippen LogP contribution in [0.5, 0.6) is 0 Å². The maximum Gasteiger partial charge on any atom is 0.407 e. The first kappa shape index (κ1) is 21.0. The number of nitrogens with zero attached hydrogens (tertiary/aromatic N) is 1. The van der Waals surface area contributed by atoms with Crippen LogP contribution in [0.4, 0.5) is 4.79 Å². The Hall–Kier alpha value is -0.990. The molecular formula is C19H37NO2. The van der Waals surface area contributed by atoms with Gasteiger partial charge in [-0.3, -0.25) is 0 Å². The Morgan fingerprint density at radius 2 is 1.27 bits per heavy atom. The number of unbranched alkanes of at least 4 members (excludes halogenated alkanes) is 11. The van der Waals surface area contributed by atoms with Crippen LogP contribution in [0.15, 0.2) is 12.2 Å². The van der Waals surface area contributed by atoms with E-state index in [1.165, 1.54) is 75.5 Å². The minimum atomic E-state index is -0.824. The Kier molecular flexibility index (Phi) is 15.6. The summed E-state index contributed by atoms with van der Waals surface area (Å²) in [4.78, 5) is 12.0. The van der Waals surface area contributed by atoms with Gasteiger partial charge in [-0.25, -0.2) is 4.79 Å². The number of amides is 1. The van der Waals surface area contributed by atoms with Gasteiger partial charge in [0.15, 0.2) is 0 Å². The second kappa shape index (κ2) is 16.4. The molecule has 0 bridgehead atoms. The number of carboxylic acid groups (broad SMARTS) is 1. The monoisotopic (exact) mass is 311 g/mol. The van der Waals surface area contributed by atoms with Crippen molar-refractivity contribution in [2.45, 2.75) is 90.4 Å². The fraction of sp³-hybridized carbons (Fsp3) is 0.842. The van der Waals surface area contributed by atoms with Gasteiger partial charge in [-0.15, -0.1) is 0 Å². The SMILES string of the molecule is CCCCCCCC/C=C\CCCCCCCN(C)C(=O)O. The van der Waals surface area contributed by atoms with Crippen LogP contribution in [0.2, 0.25) is 0 Å². The van der Waals surface area contributed by atoms with Crippen molar-refractivity contribution in [1.29, 1.82) is 0 Å². The molecule has 0 aliphatic heterocycles. The highest BCUT2D eigenvalue weighted by atomic mass is 16.4. The molecule has 130 valence electrons. The zero-order chi connectivity index (χ0) is 16.5. The van der Waals surface area contributed by atoms with Crippen molar-refractivity contribution in [2.24, 2.45) is 0 Å². The van der Waals surface area contributed by atoms with Crippen molar-refractivity contribution in [3.8, 4) is 0 Å². The van der Waals surface area contributed by atoms with Crippen molar-refractivity contribution < 1.29 is 9.90 Å². The number of allylic oxidation sites excluding steroid dienone is 2. The Labute approximate surface area is 137 Å². The summed E-state index contributed by atoms with van der Waals surface area (Å²) in [5.74, 6) is 0. The molecular weight excluding hydrogens is 274 g/mol. The molecule has 0 rings (SSSR count). The topological polar surface area (TPSA) is 40.5 Å². The average Bonchev–Trinajstić information content (AvgIpc) is 2.50. The van der Waals surface area contributed by atoms with E-state index in [0.29, 0.717) is 6.54 Å². The van der Waals surface area contributed by atoms with Gasteiger partial charge in [0.25, 0.3) is 0 Å². The zero-order valence-electron chi connectivity index (χ0n) is 14.9. The molecule has 1 N–H and O–H groups in total. The van der Waals surface area contributed by atoms with E-state index in [-0.39, 0.29) is 0 Å². The van der Waals surface area contributed by atoms with Gasteiger partial charge in [-0.05, 0) is 32.1 Å². The van der Waals surface area contributed by atoms with Crippen molar-refractivity contribution in [2.75, 3.05) is 13.6 Å². The number of hydrogen-bond acceptors (Lipinski definition) is 1. The van der Waals surface area contributed by atoms with Crippen molar-refractivity contribution in [1.82, 2.24) is 4.90 Å². The predicted octanol–water partition coefficient (Wildman–Crippen LogP) is 6.24. The van der Waals surface area contributed by atoms with E-state index in [4.69, 9.17) is 5.11 Å². The molecule has 0 radical (unpaired) electrons. The van der Waals surface area contributed by atoms with E-state index >= 15 is 0 Å². The highest BCUT2D eigenvalue weighted by Gasteiger charge is 2.03. The molecule has 0 fully saturated rings. The Morgan fingerprint density at radius 1 is 0.818 bits per heavy atom. The van der Waals surface area contributed by atoms with Crippen LogP contribution in [0, 0.1) is 0 Å². The highest BCUT2D eigenvalue weighted by molar-refractivity contribution is 5.64. The molecule has 0 aromatic heterocycles. The van der Waals surface area contributed by atoms with Gasteiger partial charge in [0.2, 0.25) is 0 Å². The molecule has 0 aromatic carbocycles. The summed E-state index contributed by atoms with van der Waals surface area (Å²) < 4.78 is 0. The highest BCUT2D eigenvalue weighted by Crippen LogP contribution is 2.09. The van der Waals surface area contributed by atoms with Gasteiger partial charge in [-0.1, -0.05) is 70.4 Å². The third-order valence-electron chi connectivity index (χ3n) is 4.08. The number of carbonyl (C=O) groups is 1. The summed E-state index contributed by atoms with van der Waals surface area (Å²) in [6.45, 7) is 2.92. The van der Waals surface area contributed by atoms with Gasteiger partial charge >= 0.3 is 6.09 Å². The van der Waals surface area contributed by atoms with Crippen LogP contribution in [-0.2, 0) is 0 Å².